The molecule has 0 bridgehead atoms. The SMILES string of the molecule is CC(=O)C1=CN(C)C=C(C(C)=O)C1.CC1=C(C#N)C(C)(C)C(C#N)=C(C)N1C.CC1=C(C#N)C(c2ccccc2)C(C#N)=C(C)N1C.CC1=C(C#N)C(c2cccnc2)C(C#N)=C(C)N1C.CC1=C(C#N)C(c2ccco2)C(C#N)=C(C)N1C.CC1=C(C#N)C(c2cccs2)C(C#N)=C(C)N1C.CC1=C(C#N)C2(CCCCC2)C(C#N)=C(C)N1C.CCOC(=O)C1=C(C)N(C)C(C)=C(C(=O)OCC)C1.COc1cn(C)ccc1=O. The number of allylic oxidation sites excluding steroid dienone is 28. The van der Waals surface area contributed by atoms with E-state index in [4.69, 9.17) is 29.2 Å². The molecule has 0 radical (unpaired) electrons. The average molecular weight is 2020 g/mol. The number of methoxy groups -OCH3 is 1. The van der Waals surface area contributed by atoms with Crippen LogP contribution >= 0.6 is 11.3 Å². The maximum Gasteiger partial charge on any atom is 0.336 e. The van der Waals surface area contributed by atoms with Crippen molar-refractivity contribution in [1.29, 1.82) is 63.1 Å². The van der Waals surface area contributed by atoms with Crippen molar-refractivity contribution in [2.24, 2.45) is 17.9 Å². The summed E-state index contributed by atoms with van der Waals surface area (Å²) >= 11 is 1.58. The minimum atomic E-state index is -0.468. The normalized spacial score (nSPS) is 17.1. The van der Waals surface area contributed by atoms with Crippen molar-refractivity contribution in [1.82, 2.24) is 48.8 Å². The number of furan rings is 1. The zero-order valence-corrected chi connectivity index (χ0v) is 92.0. The van der Waals surface area contributed by atoms with Gasteiger partial charge in [0.05, 0.1) is 201 Å². The van der Waals surface area contributed by atoms with Crippen LogP contribution in [0.5, 0.6) is 5.75 Å². The molecule has 1 fully saturated rings. The molecule has 1 aliphatic carbocycles. The molecule has 1 aromatic carbocycles. The molecular formula is C117H132N22O9S. The van der Waals surface area contributed by atoms with Gasteiger partial charge in [0.1, 0.15) is 5.76 Å². The summed E-state index contributed by atoms with van der Waals surface area (Å²) in [6.07, 6.45) is 17.9. The number of benzene rings is 1. The molecule has 0 atom stereocenters. The second kappa shape index (κ2) is 54.4. The van der Waals surface area contributed by atoms with Crippen LogP contribution in [0.2, 0.25) is 0 Å². The summed E-state index contributed by atoms with van der Waals surface area (Å²) in [7, 11) is 18.3. The molecule has 770 valence electrons. The third-order valence-electron chi connectivity index (χ3n) is 28.6. The van der Waals surface area contributed by atoms with Crippen molar-refractivity contribution < 1.29 is 37.8 Å². The first kappa shape index (κ1) is 120. The Balaban J connectivity index is 0.000000257. The van der Waals surface area contributed by atoms with Crippen LogP contribution in [-0.4, -0.2) is 149 Å². The number of hydrogen-bond acceptors (Lipinski definition) is 31. The average Bonchev–Trinajstić information content (AvgIpc) is 1.62. The molecule has 12 heterocycles. The van der Waals surface area contributed by atoms with Crippen molar-refractivity contribution in [3.05, 3.63) is 323 Å². The number of rotatable bonds is 11. The molecule has 4 aromatic heterocycles. The number of nitriles is 12. The van der Waals surface area contributed by atoms with E-state index in [9.17, 15) is 76.6 Å². The van der Waals surface area contributed by atoms with Crippen LogP contribution in [-0.2, 0) is 35.7 Å². The number of ether oxygens (including phenoxy) is 3. The summed E-state index contributed by atoms with van der Waals surface area (Å²) in [5, 5.41) is 115. The highest BCUT2D eigenvalue weighted by Gasteiger charge is 2.47. The number of carbonyl (C=O) groups excluding carboxylic acids is 4. The molecule has 0 amide bonds. The minimum Gasteiger partial charge on any atom is -0.491 e. The number of ketones is 2. The van der Waals surface area contributed by atoms with Crippen molar-refractivity contribution in [2.75, 3.05) is 76.7 Å². The fraction of sp³-hybridized carbons (Fsp3) is 0.385. The monoisotopic (exact) mass is 2020 g/mol. The second-order valence-electron chi connectivity index (χ2n) is 36.9. The summed E-state index contributed by atoms with van der Waals surface area (Å²) < 4.78 is 22.0. The molecule has 0 N–H and O–H groups in total. The molecule has 1 spiro atoms. The molecule has 0 unspecified atom stereocenters. The Labute approximate surface area is 882 Å². The fourth-order valence-electron chi connectivity index (χ4n) is 18.6. The molecule has 8 aliphatic heterocycles. The first-order chi connectivity index (χ1) is 70.6. The van der Waals surface area contributed by atoms with Gasteiger partial charge in [0.15, 0.2) is 17.3 Å². The maximum absolute atomic E-state index is 11.9. The van der Waals surface area contributed by atoms with Crippen LogP contribution in [0.3, 0.4) is 0 Å². The van der Waals surface area contributed by atoms with Crippen LogP contribution in [0, 0.1) is 147 Å². The lowest BCUT2D eigenvalue weighted by molar-refractivity contribution is -0.139. The predicted octanol–water partition coefficient (Wildman–Crippen LogP) is 22.0. The van der Waals surface area contributed by atoms with E-state index < -0.39 is 5.41 Å². The van der Waals surface area contributed by atoms with Gasteiger partial charge < -0.3 is 62.4 Å². The molecule has 5 aromatic rings. The molecule has 31 nitrogen and oxygen atoms in total. The lowest BCUT2D eigenvalue weighted by atomic mass is 9.62. The summed E-state index contributed by atoms with van der Waals surface area (Å²) in [6.45, 7) is 37.8. The molecular weight excluding hydrogens is 1890 g/mol. The number of aromatic nitrogens is 2. The van der Waals surface area contributed by atoms with Gasteiger partial charge in [-0.05, 0) is 178 Å². The van der Waals surface area contributed by atoms with Crippen LogP contribution in [0.15, 0.2) is 300 Å². The Morgan fingerprint density at radius 3 is 1.09 bits per heavy atom. The summed E-state index contributed by atoms with van der Waals surface area (Å²) in [5.74, 6) is -0.811. The Kier molecular flexibility index (Phi) is 43.9. The second-order valence-corrected chi connectivity index (χ2v) is 37.8. The van der Waals surface area contributed by atoms with Gasteiger partial charge in [-0.3, -0.25) is 19.4 Å². The number of pyridine rings is 2. The minimum absolute atomic E-state index is 0.0266. The van der Waals surface area contributed by atoms with Crippen molar-refractivity contribution in [2.45, 2.75) is 207 Å². The summed E-state index contributed by atoms with van der Waals surface area (Å²) in [6, 6.07) is 49.6. The summed E-state index contributed by atoms with van der Waals surface area (Å²) in [5.41, 5.74) is 24.0. The van der Waals surface area contributed by atoms with Gasteiger partial charge in [-0.15, -0.1) is 11.3 Å². The molecule has 32 heteroatoms. The first-order valence-electron chi connectivity index (χ1n) is 48.2. The number of Topliss-reactive ketones (excluding diaryl/α,β-unsaturated/α-hetero) is 2. The molecule has 14 rings (SSSR count). The van der Waals surface area contributed by atoms with Gasteiger partial charge in [0.2, 0.25) is 5.43 Å². The highest BCUT2D eigenvalue weighted by atomic mass is 32.1. The van der Waals surface area contributed by atoms with Crippen LogP contribution < -0.4 is 10.2 Å². The number of aryl methyl sites for hydroxylation is 1. The number of carbonyl (C=O) groups is 4. The number of thiophene rings is 1. The van der Waals surface area contributed by atoms with Gasteiger partial charge in [0.25, 0.3) is 0 Å². The van der Waals surface area contributed by atoms with Gasteiger partial charge in [-0.1, -0.05) is 75.6 Å². The Morgan fingerprint density at radius 1 is 0.416 bits per heavy atom. The largest absolute Gasteiger partial charge is 0.491 e. The summed E-state index contributed by atoms with van der Waals surface area (Å²) in [4.78, 5) is 77.0. The van der Waals surface area contributed by atoms with Crippen molar-refractivity contribution in [3.8, 4) is 78.6 Å². The fourth-order valence-corrected chi connectivity index (χ4v) is 19.5. The van der Waals surface area contributed by atoms with Gasteiger partial charge in [-0.25, -0.2) is 9.59 Å². The standard InChI is InChI=1S/C16H15N3.C15H14N4.C15H19N3.C14H13N3O.C14H13N3S.C14H21NO4.C12H15N3.C10H13NO2.C7H9NO2/c1-11-14(9-17)16(13-7-5-4-6-8-13)15(10-18)12(2)19(11)3;1-10-13(7-16)15(12-5-4-6-18-9-12)14(8-17)11(2)19(10)3;1-11-13(9-16)15(7-5-4-6-8-15)14(10-17)12(2)18(11)3;2*1-9-11(7-15)14(13-5-4-6-18-13)12(8-16)10(2)17(9)3;1-6-18-13(16)11-8-12(14(17)19-7-2)10(4)15(5)9(11)3;1-8-10(6-13)12(3,4)11(7-14)9(2)15(8)5;1-7(12)9-4-10(8(2)13)6-11(3)5-9;1-8-4-3-6(9)7(5-8)10-2/h4-8,16H,1-3H3;4-6,9,15H,1-3H3;4-8H2,1-3H3;2*4-6,14H,1-3H3;6-8H2,1-5H3;1-5H3;5-6H,4H2,1-3H3;3-5H,1-2H3. The first-order valence-corrected chi connectivity index (χ1v) is 49.1. The molecule has 1 saturated carbocycles. The smallest absolute Gasteiger partial charge is 0.336 e. The van der Waals surface area contributed by atoms with E-state index in [1.54, 1.807) is 90.2 Å². The van der Waals surface area contributed by atoms with Crippen LogP contribution in [0.4, 0.5) is 0 Å². The highest BCUT2D eigenvalue weighted by Crippen LogP contribution is 2.54. The Bertz CT molecular complexity index is 6620. The predicted molar refractivity (Wildman–Crippen MR) is 569 cm³/mol. The highest BCUT2D eigenvalue weighted by molar-refractivity contribution is 7.10. The van der Waals surface area contributed by atoms with E-state index in [-0.39, 0.29) is 64.4 Å². The van der Waals surface area contributed by atoms with E-state index in [0.29, 0.717) is 109 Å². The Morgan fingerprint density at radius 2 is 0.772 bits per heavy atom. The lowest BCUT2D eigenvalue weighted by Gasteiger charge is -2.43. The molecule has 9 aliphatic rings. The van der Waals surface area contributed by atoms with Gasteiger partial charge in [0, 0.05) is 226 Å². The van der Waals surface area contributed by atoms with E-state index in [0.717, 1.165) is 133 Å². The van der Waals surface area contributed by atoms with E-state index >= 15 is 0 Å². The molecule has 0 saturated heterocycles. The zero-order valence-electron chi connectivity index (χ0n) is 91.1. The third kappa shape index (κ3) is 26.8. The van der Waals surface area contributed by atoms with E-state index in [2.05, 4.69) is 77.8 Å². The topological polar surface area (TPSA) is 455 Å². The lowest BCUT2D eigenvalue weighted by Crippen LogP contribution is -2.37. The zero-order chi connectivity index (χ0) is 112. The van der Waals surface area contributed by atoms with Gasteiger partial charge >= 0.3 is 11.9 Å². The number of hydrogen-bond donors (Lipinski definition) is 0. The Hall–Kier alpha value is -17.5. The van der Waals surface area contributed by atoms with E-state index in [1.807, 2.05) is 268 Å². The van der Waals surface area contributed by atoms with Crippen molar-refractivity contribution >= 4 is 34.8 Å². The van der Waals surface area contributed by atoms with Crippen LogP contribution in [0.25, 0.3) is 0 Å². The number of esters is 2. The third-order valence-corrected chi connectivity index (χ3v) is 29.5. The van der Waals surface area contributed by atoms with E-state index in [1.165, 1.54) is 33.4 Å². The molecule has 149 heavy (non-hydrogen) atoms. The van der Waals surface area contributed by atoms with Crippen molar-refractivity contribution in [3.63, 3.8) is 0 Å². The van der Waals surface area contributed by atoms with Crippen LogP contribution in [0.1, 0.15) is 229 Å². The quantitative estimate of drug-likeness (QED) is 0.111. The maximum atomic E-state index is 11.9. The van der Waals surface area contributed by atoms with Gasteiger partial charge in [-0.2, -0.15) is 63.1 Å². The number of nitrogens with zero attached hydrogens (tertiary/aromatic N) is 22.